The summed E-state index contributed by atoms with van der Waals surface area (Å²) in [5, 5.41) is 11.1. The molecule has 2 aromatic carbocycles. The number of aromatic nitrogens is 1. The third kappa shape index (κ3) is 8.38. The minimum atomic E-state index is -1.20. The molecule has 14 heteroatoms. The summed E-state index contributed by atoms with van der Waals surface area (Å²) < 4.78 is 53.4. The molecule has 3 amide bonds. The number of amides is 3. The van der Waals surface area contributed by atoms with Crippen molar-refractivity contribution in [3.8, 4) is 0 Å². The van der Waals surface area contributed by atoms with Gasteiger partial charge in [-0.2, -0.15) is 0 Å². The molecule has 1 aromatic heterocycles. The van der Waals surface area contributed by atoms with E-state index >= 15 is 0 Å². The molecular weight excluding hydrogens is 605 g/mol. The van der Waals surface area contributed by atoms with Crippen LogP contribution < -0.4 is 27.0 Å². The molecule has 3 heterocycles. The molecule has 4 atom stereocenters. The van der Waals surface area contributed by atoms with E-state index in [1.54, 1.807) is 0 Å². The molecule has 244 valence electrons. The van der Waals surface area contributed by atoms with Gasteiger partial charge in [-0.3, -0.25) is 14.6 Å². The third-order valence-corrected chi connectivity index (χ3v) is 8.02. The Balaban J connectivity index is 1.16. The lowest BCUT2D eigenvalue weighted by Crippen LogP contribution is -2.50. The van der Waals surface area contributed by atoms with Crippen molar-refractivity contribution in [2.75, 3.05) is 31.6 Å². The third-order valence-electron chi connectivity index (χ3n) is 8.02. The molecule has 46 heavy (non-hydrogen) atoms. The summed E-state index contributed by atoms with van der Waals surface area (Å²) in [5.74, 6) is -3.17. The van der Waals surface area contributed by atoms with Gasteiger partial charge < -0.3 is 36.5 Å². The average molecular weight is 641 g/mol. The molecule has 11 nitrogen and oxygen atoms in total. The van der Waals surface area contributed by atoms with Gasteiger partial charge in [0.2, 0.25) is 11.8 Å². The fraction of sp³-hybridized carbons (Fsp3) is 0.375. The predicted octanol–water partition coefficient (Wildman–Crippen LogP) is 2.50. The first kappa shape index (κ1) is 32.9. The number of pyridine rings is 1. The first-order valence-corrected chi connectivity index (χ1v) is 14.9. The zero-order valence-electron chi connectivity index (χ0n) is 24.8. The first-order valence-electron chi connectivity index (χ1n) is 14.9. The Morgan fingerprint density at radius 3 is 2.30 bits per heavy atom. The zero-order chi connectivity index (χ0) is 32.6. The second kappa shape index (κ2) is 15.2. The molecule has 2 saturated heterocycles. The second-order valence-electron chi connectivity index (χ2n) is 11.2. The summed E-state index contributed by atoms with van der Waals surface area (Å²) in [6.45, 7) is 1.20. The van der Waals surface area contributed by atoms with E-state index in [2.05, 4.69) is 26.3 Å². The van der Waals surface area contributed by atoms with Crippen LogP contribution in [0.2, 0.25) is 0 Å². The maximum atomic E-state index is 15.0. The highest BCUT2D eigenvalue weighted by molar-refractivity contribution is 5.96. The van der Waals surface area contributed by atoms with Crippen LogP contribution in [0.5, 0.6) is 0 Å². The lowest BCUT2D eigenvalue weighted by molar-refractivity contribution is -0.121. The largest absolute Gasteiger partial charge is 0.448 e. The number of hydrogen-bond donors (Lipinski definition) is 5. The number of nitrogens with zero attached hydrogens (tertiary/aromatic N) is 1. The lowest BCUT2D eigenvalue weighted by atomic mass is 9.85. The van der Waals surface area contributed by atoms with Crippen LogP contribution >= 0.6 is 0 Å². The number of nitrogens with two attached hydrogens (primary N) is 1. The van der Waals surface area contributed by atoms with Crippen molar-refractivity contribution in [1.82, 2.24) is 20.9 Å². The van der Waals surface area contributed by atoms with Crippen molar-refractivity contribution >= 4 is 23.6 Å². The average Bonchev–Trinajstić information content (AvgIpc) is 3.45. The quantitative estimate of drug-likeness (QED) is 0.214. The molecule has 0 radical (unpaired) electrons. The summed E-state index contributed by atoms with van der Waals surface area (Å²) in [6.07, 6.45) is 2.53. The fourth-order valence-corrected chi connectivity index (χ4v) is 5.50. The minimum absolute atomic E-state index is 0.0408. The highest BCUT2D eigenvalue weighted by Gasteiger charge is 2.30. The van der Waals surface area contributed by atoms with Crippen LogP contribution in [0, 0.1) is 17.5 Å². The molecule has 0 spiro atoms. The standard InChI is InChI=1S/C32H35F3N6O5/c33-20-5-1-18(2-6-20)28(19-3-7-21(34)8-4-19)29(36)31(43)40-27-15-37-14-25(35)24(27)10-9-23-13-39-22(16-45-23)17-46-32(44)41-26-11-12-38-30(26)42/h1-8,14-15,22-23,26,28-29,39H,9-13,16-17,36H2,(H,38,42)(H,40,43)(H,41,44)/t22-,23+,26?,29-/m0/s1. The van der Waals surface area contributed by atoms with E-state index < -0.39 is 47.5 Å². The van der Waals surface area contributed by atoms with Crippen molar-refractivity contribution in [2.45, 2.75) is 49.4 Å². The van der Waals surface area contributed by atoms with E-state index in [4.69, 9.17) is 15.2 Å². The number of morpholine rings is 1. The van der Waals surface area contributed by atoms with Gasteiger partial charge in [0.05, 0.1) is 42.9 Å². The number of anilines is 1. The molecule has 3 aromatic rings. The van der Waals surface area contributed by atoms with Crippen LogP contribution in [0.4, 0.5) is 23.7 Å². The SMILES string of the molecule is N[C@H](C(=O)Nc1cncc(F)c1CC[C@@H]1CN[C@H](COC(=O)NC2CCNC2=O)CO1)C(c1ccc(F)cc1)c1ccc(F)cc1. The van der Waals surface area contributed by atoms with Gasteiger partial charge in [-0.05, 0) is 54.7 Å². The summed E-state index contributed by atoms with van der Waals surface area (Å²) in [6, 6.07) is 8.95. The number of hydrogen-bond acceptors (Lipinski definition) is 8. The molecule has 0 saturated carbocycles. The predicted molar refractivity (Wildman–Crippen MR) is 161 cm³/mol. The highest BCUT2D eigenvalue weighted by atomic mass is 19.1. The van der Waals surface area contributed by atoms with Crippen molar-refractivity contribution in [1.29, 1.82) is 0 Å². The van der Waals surface area contributed by atoms with Gasteiger partial charge >= 0.3 is 6.09 Å². The monoisotopic (exact) mass is 640 g/mol. The number of carbonyl (C=O) groups excluding carboxylic acids is 3. The van der Waals surface area contributed by atoms with Crippen molar-refractivity contribution in [3.05, 3.63) is 95.1 Å². The zero-order valence-corrected chi connectivity index (χ0v) is 24.8. The van der Waals surface area contributed by atoms with Gasteiger partial charge in [0, 0.05) is 24.6 Å². The molecule has 5 rings (SSSR count). The number of rotatable bonds is 11. The van der Waals surface area contributed by atoms with E-state index in [0.29, 0.717) is 37.1 Å². The Morgan fingerprint density at radius 1 is 1.04 bits per heavy atom. The van der Waals surface area contributed by atoms with E-state index in [9.17, 15) is 27.6 Å². The van der Waals surface area contributed by atoms with Crippen LogP contribution in [-0.4, -0.2) is 73.4 Å². The normalized spacial score (nSPS) is 20.2. The first-order chi connectivity index (χ1) is 22.2. The molecule has 2 aliphatic rings. The summed E-state index contributed by atoms with van der Waals surface area (Å²) in [7, 11) is 0. The van der Waals surface area contributed by atoms with Gasteiger partial charge in [-0.25, -0.2) is 18.0 Å². The summed E-state index contributed by atoms with van der Waals surface area (Å²) >= 11 is 0. The molecule has 2 fully saturated rings. The van der Waals surface area contributed by atoms with Crippen molar-refractivity contribution in [2.24, 2.45) is 5.73 Å². The highest BCUT2D eigenvalue weighted by Crippen LogP contribution is 2.29. The molecule has 0 aliphatic carbocycles. The molecule has 1 unspecified atom stereocenters. The van der Waals surface area contributed by atoms with E-state index in [0.717, 1.165) is 6.20 Å². The minimum Gasteiger partial charge on any atom is -0.448 e. The van der Waals surface area contributed by atoms with E-state index in [1.807, 2.05) is 0 Å². The summed E-state index contributed by atoms with van der Waals surface area (Å²) in [5.41, 5.74) is 7.89. The number of alkyl carbamates (subject to hydrolysis) is 1. The van der Waals surface area contributed by atoms with Gasteiger partial charge in [-0.1, -0.05) is 24.3 Å². The smallest absolute Gasteiger partial charge is 0.407 e. The maximum Gasteiger partial charge on any atom is 0.407 e. The Bertz CT molecular complexity index is 1470. The number of nitrogens with one attached hydrogen (secondary N) is 4. The van der Waals surface area contributed by atoms with Gasteiger partial charge in [0.25, 0.3) is 0 Å². The number of benzene rings is 2. The van der Waals surface area contributed by atoms with Crippen LogP contribution in [0.1, 0.15) is 35.4 Å². The van der Waals surface area contributed by atoms with E-state index in [-0.39, 0.29) is 48.9 Å². The van der Waals surface area contributed by atoms with Gasteiger partial charge in [0.15, 0.2) is 0 Å². The molecule has 0 bridgehead atoms. The molecular formula is C32H35F3N6O5. The van der Waals surface area contributed by atoms with Crippen molar-refractivity contribution in [3.63, 3.8) is 0 Å². The van der Waals surface area contributed by atoms with Crippen LogP contribution in [0.25, 0.3) is 0 Å². The van der Waals surface area contributed by atoms with Crippen LogP contribution in [0.15, 0.2) is 60.9 Å². The number of halogens is 3. The van der Waals surface area contributed by atoms with Crippen LogP contribution in [0.3, 0.4) is 0 Å². The topological polar surface area (TPSA) is 157 Å². The maximum absolute atomic E-state index is 15.0. The lowest BCUT2D eigenvalue weighted by Gasteiger charge is -2.30. The van der Waals surface area contributed by atoms with Crippen LogP contribution in [-0.2, 0) is 25.5 Å². The van der Waals surface area contributed by atoms with Gasteiger partial charge in [0.1, 0.15) is 30.1 Å². The Kier molecular flexibility index (Phi) is 10.8. The molecule has 2 aliphatic heterocycles. The molecule has 6 N–H and O–H groups in total. The van der Waals surface area contributed by atoms with Gasteiger partial charge in [-0.15, -0.1) is 0 Å². The Labute approximate surface area is 263 Å². The second-order valence-corrected chi connectivity index (χ2v) is 11.2. The number of ether oxygens (including phenoxy) is 2. The Hall–Kier alpha value is -4.53. The fourth-order valence-electron chi connectivity index (χ4n) is 5.50. The Morgan fingerprint density at radius 2 is 1.72 bits per heavy atom. The van der Waals surface area contributed by atoms with Crippen molar-refractivity contribution < 1.29 is 37.0 Å². The number of carbonyl (C=O) groups is 3. The summed E-state index contributed by atoms with van der Waals surface area (Å²) in [4.78, 5) is 40.9. The van der Waals surface area contributed by atoms with E-state index in [1.165, 1.54) is 54.7 Å².